The van der Waals surface area contributed by atoms with Crippen LogP contribution in [0.3, 0.4) is 0 Å². The van der Waals surface area contributed by atoms with Crippen molar-refractivity contribution in [1.29, 1.82) is 0 Å². The predicted molar refractivity (Wildman–Crippen MR) is 69.9 cm³/mol. The largest absolute Gasteiger partial charge is 0.398 e. The maximum Gasteiger partial charge on any atom is 0.257 e. The van der Waals surface area contributed by atoms with E-state index in [4.69, 9.17) is 5.73 Å². The van der Waals surface area contributed by atoms with Gasteiger partial charge in [-0.2, -0.15) is 0 Å². The normalized spacial score (nSPS) is 10.1. The van der Waals surface area contributed by atoms with E-state index >= 15 is 0 Å². The maximum atomic E-state index is 13.3. The standard InChI is InChI=1S/C14H13FN2O/c1-9-11(15)6-4-8-13(9)17-14(18)10-5-2-3-7-12(10)16/h2-8H,16H2,1H3,(H,17,18). The van der Waals surface area contributed by atoms with Crippen molar-refractivity contribution in [1.82, 2.24) is 0 Å². The van der Waals surface area contributed by atoms with Crippen molar-refractivity contribution >= 4 is 17.3 Å². The van der Waals surface area contributed by atoms with E-state index in [-0.39, 0.29) is 11.7 Å². The van der Waals surface area contributed by atoms with Crippen LogP contribution in [0.2, 0.25) is 0 Å². The molecule has 0 heterocycles. The van der Waals surface area contributed by atoms with Gasteiger partial charge in [0.25, 0.3) is 5.91 Å². The maximum absolute atomic E-state index is 13.3. The molecule has 0 aliphatic carbocycles. The fraction of sp³-hybridized carbons (Fsp3) is 0.0714. The molecule has 0 radical (unpaired) electrons. The molecular formula is C14H13FN2O. The summed E-state index contributed by atoms with van der Waals surface area (Å²) in [6.45, 7) is 1.61. The number of nitrogen functional groups attached to an aromatic ring is 1. The molecule has 3 nitrogen and oxygen atoms in total. The minimum atomic E-state index is -0.353. The van der Waals surface area contributed by atoms with Crippen LogP contribution in [0, 0.1) is 12.7 Å². The Kier molecular flexibility index (Phi) is 3.28. The Bertz CT molecular complexity index is 596. The van der Waals surface area contributed by atoms with E-state index in [0.717, 1.165) is 0 Å². The van der Waals surface area contributed by atoms with Gasteiger partial charge < -0.3 is 11.1 Å². The van der Waals surface area contributed by atoms with Crippen LogP contribution in [-0.4, -0.2) is 5.91 Å². The number of carbonyl (C=O) groups is 1. The smallest absolute Gasteiger partial charge is 0.257 e. The molecule has 0 atom stereocenters. The number of nitrogens with two attached hydrogens (primary N) is 1. The van der Waals surface area contributed by atoms with Crippen LogP contribution >= 0.6 is 0 Å². The topological polar surface area (TPSA) is 55.1 Å². The molecule has 0 aliphatic heterocycles. The first-order valence-corrected chi connectivity index (χ1v) is 5.50. The van der Waals surface area contributed by atoms with E-state index in [9.17, 15) is 9.18 Å². The average molecular weight is 244 g/mol. The minimum Gasteiger partial charge on any atom is -0.398 e. The number of anilines is 2. The third-order valence-corrected chi connectivity index (χ3v) is 2.72. The van der Waals surface area contributed by atoms with Crippen molar-refractivity contribution in [3.63, 3.8) is 0 Å². The van der Waals surface area contributed by atoms with Crippen LogP contribution in [0.25, 0.3) is 0 Å². The van der Waals surface area contributed by atoms with Gasteiger partial charge in [-0.1, -0.05) is 18.2 Å². The molecule has 18 heavy (non-hydrogen) atoms. The van der Waals surface area contributed by atoms with Crippen LogP contribution in [0.4, 0.5) is 15.8 Å². The van der Waals surface area contributed by atoms with Crippen molar-refractivity contribution in [3.05, 3.63) is 59.4 Å². The van der Waals surface area contributed by atoms with Gasteiger partial charge in [0.15, 0.2) is 0 Å². The first kappa shape index (κ1) is 12.1. The van der Waals surface area contributed by atoms with Crippen molar-refractivity contribution in [2.24, 2.45) is 0 Å². The number of nitrogens with one attached hydrogen (secondary N) is 1. The van der Waals surface area contributed by atoms with Crippen molar-refractivity contribution < 1.29 is 9.18 Å². The summed E-state index contributed by atoms with van der Waals surface area (Å²) in [5.74, 6) is -0.698. The lowest BCUT2D eigenvalue weighted by molar-refractivity contribution is 0.102. The highest BCUT2D eigenvalue weighted by atomic mass is 19.1. The highest BCUT2D eigenvalue weighted by Crippen LogP contribution is 2.19. The Hall–Kier alpha value is -2.36. The summed E-state index contributed by atoms with van der Waals surface area (Å²) in [6, 6.07) is 11.3. The average Bonchev–Trinajstić information content (AvgIpc) is 2.35. The molecule has 1 amide bonds. The van der Waals surface area contributed by atoms with E-state index in [0.29, 0.717) is 22.5 Å². The Labute approximate surface area is 104 Å². The minimum absolute atomic E-state index is 0.346. The Morgan fingerprint density at radius 2 is 1.89 bits per heavy atom. The van der Waals surface area contributed by atoms with Gasteiger partial charge in [0, 0.05) is 16.9 Å². The van der Waals surface area contributed by atoms with Gasteiger partial charge in [0.1, 0.15) is 5.82 Å². The molecule has 0 bridgehead atoms. The van der Waals surface area contributed by atoms with Gasteiger partial charge in [-0.15, -0.1) is 0 Å². The lowest BCUT2D eigenvalue weighted by Gasteiger charge is -2.10. The summed E-state index contributed by atoms with van der Waals surface area (Å²) in [6.07, 6.45) is 0. The quantitative estimate of drug-likeness (QED) is 0.798. The molecule has 2 aromatic carbocycles. The summed E-state index contributed by atoms with van der Waals surface area (Å²) in [4.78, 5) is 12.0. The predicted octanol–water partition coefficient (Wildman–Crippen LogP) is 2.97. The highest BCUT2D eigenvalue weighted by molar-refractivity contribution is 6.07. The van der Waals surface area contributed by atoms with Crippen LogP contribution in [-0.2, 0) is 0 Å². The lowest BCUT2D eigenvalue weighted by Crippen LogP contribution is -2.14. The van der Waals surface area contributed by atoms with Gasteiger partial charge in [0.05, 0.1) is 5.56 Å². The Morgan fingerprint density at radius 3 is 2.61 bits per heavy atom. The molecule has 0 saturated carbocycles. The molecule has 2 aromatic rings. The number of carbonyl (C=O) groups excluding carboxylic acids is 1. The number of benzene rings is 2. The monoisotopic (exact) mass is 244 g/mol. The Morgan fingerprint density at radius 1 is 1.17 bits per heavy atom. The van der Waals surface area contributed by atoms with Crippen LogP contribution in [0.5, 0.6) is 0 Å². The van der Waals surface area contributed by atoms with Crippen LogP contribution in [0.1, 0.15) is 15.9 Å². The van der Waals surface area contributed by atoms with Gasteiger partial charge >= 0.3 is 0 Å². The number of para-hydroxylation sites is 1. The van der Waals surface area contributed by atoms with Crippen molar-refractivity contribution in [2.75, 3.05) is 11.1 Å². The third-order valence-electron chi connectivity index (χ3n) is 2.72. The lowest BCUT2D eigenvalue weighted by atomic mass is 10.1. The van der Waals surface area contributed by atoms with Gasteiger partial charge in [-0.05, 0) is 31.2 Å². The third kappa shape index (κ3) is 2.32. The van der Waals surface area contributed by atoms with Gasteiger partial charge in [0.2, 0.25) is 0 Å². The van der Waals surface area contributed by atoms with E-state index in [1.165, 1.54) is 6.07 Å². The molecule has 2 rings (SSSR count). The van der Waals surface area contributed by atoms with Crippen LogP contribution in [0.15, 0.2) is 42.5 Å². The second-order valence-electron chi connectivity index (χ2n) is 3.95. The highest BCUT2D eigenvalue weighted by Gasteiger charge is 2.11. The van der Waals surface area contributed by atoms with E-state index < -0.39 is 0 Å². The SMILES string of the molecule is Cc1c(F)cccc1NC(=O)c1ccccc1N. The summed E-state index contributed by atoms with van der Waals surface area (Å²) in [5, 5.41) is 2.65. The van der Waals surface area contributed by atoms with Gasteiger partial charge in [-0.25, -0.2) is 4.39 Å². The summed E-state index contributed by atoms with van der Waals surface area (Å²) in [5.41, 5.74) is 7.33. The molecule has 4 heteroatoms. The summed E-state index contributed by atoms with van der Waals surface area (Å²) < 4.78 is 13.3. The second kappa shape index (κ2) is 4.87. The van der Waals surface area contributed by atoms with E-state index in [1.807, 2.05) is 0 Å². The molecule has 0 unspecified atom stereocenters. The van der Waals surface area contributed by atoms with Crippen molar-refractivity contribution in [2.45, 2.75) is 6.92 Å². The number of amides is 1. The summed E-state index contributed by atoms with van der Waals surface area (Å²) >= 11 is 0. The molecule has 3 N–H and O–H groups in total. The fourth-order valence-electron chi connectivity index (χ4n) is 1.64. The molecular weight excluding hydrogens is 231 g/mol. The number of hydrogen-bond donors (Lipinski definition) is 2. The number of rotatable bonds is 2. The number of hydrogen-bond acceptors (Lipinski definition) is 2. The zero-order valence-electron chi connectivity index (χ0n) is 9.91. The molecule has 0 spiro atoms. The van der Waals surface area contributed by atoms with Crippen molar-refractivity contribution in [3.8, 4) is 0 Å². The first-order chi connectivity index (χ1) is 8.59. The van der Waals surface area contributed by atoms with E-state index in [2.05, 4.69) is 5.32 Å². The molecule has 0 saturated heterocycles. The van der Waals surface area contributed by atoms with Crippen LogP contribution < -0.4 is 11.1 Å². The second-order valence-corrected chi connectivity index (χ2v) is 3.95. The zero-order valence-corrected chi connectivity index (χ0v) is 9.91. The zero-order chi connectivity index (χ0) is 13.1. The van der Waals surface area contributed by atoms with Gasteiger partial charge in [-0.3, -0.25) is 4.79 Å². The molecule has 0 aliphatic rings. The molecule has 92 valence electrons. The first-order valence-electron chi connectivity index (χ1n) is 5.50. The Balaban J connectivity index is 2.27. The summed E-state index contributed by atoms with van der Waals surface area (Å²) in [7, 11) is 0. The number of halogens is 1. The molecule has 0 fully saturated rings. The van der Waals surface area contributed by atoms with E-state index in [1.54, 1.807) is 43.3 Å². The fourth-order valence-corrected chi connectivity index (χ4v) is 1.64. The molecule has 0 aromatic heterocycles.